The Labute approximate surface area is 68.2 Å². The Kier molecular flexibility index (Phi) is 1.58. The molecule has 0 fully saturated rings. The molecule has 0 aromatic carbocycles. The molecule has 0 aliphatic heterocycles. The van der Waals surface area contributed by atoms with Crippen LogP contribution in [0, 0.1) is 0 Å². The molecule has 0 spiro atoms. The predicted octanol–water partition coefficient (Wildman–Crippen LogP) is 0.772. The molecule has 60 valence electrons. The molecule has 1 aliphatic rings. The molecular formula is C7H10N2OS. The summed E-state index contributed by atoms with van der Waals surface area (Å²) in [6.45, 7) is 0. The van der Waals surface area contributed by atoms with E-state index in [1.165, 1.54) is 11.3 Å². The van der Waals surface area contributed by atoms with Crippen molar-refractivity contribution >= 4 is 11.3 Å². The number of fused-ring (bicyclic) bond motifs is 1. The van der Waals surface area contributed by atoms with Gasteiger partial charge < -0.3 is 10.7 Å². The summed E-state index contributed by atoms with van der Waals surface area (Å²) in [7, 11) is 0. The van der Waals surface area contributed by atoms with Crippen molar-refractivity contribution in [1.29, 1.82) is 0 Å². The van der Waals surface area contributed by atoms with Crippen LogP contribution in [0.5, 0.6) is 0 Å². The quantitative estimate of drug-likeness (QED) is 0.604. The van der Waals surface area contributed by atoms with Gasteiger partial charge in [0, 0.05) is 16.6 Å². The molecule has 3 nitrogen and oxygen atoms in total. The van der Waals surface area contributed by atoms with Crippen LogP contribution < -0.4 is 10.6 Å². The summed E-state index contributed by atoms with van der Waals surface area (Å²) < 4.78 is 0. The lowest BCUT2D eigenvalue weighted by Gasteiger charge is -2.16. The number of hydrogen-bond donors (Lipinski definition) is 2. The van der Waals surface area contributed by atoms with E-state index in [4.69, 9.17) is 5.73 Å². The van der Waals surface area contributed by atoms with Crippen molar-refractivity contribution < 1.29 is 0 Å². The minimum Gasteiger partial charge on any atom is -0.323 e. The average molecular weight is 170 g/mol. The minimum atomic E-state index is 0.0346. The van der Waals surface area contributed by atoms with E-state index in [2.05, 4.69) is 4.98 Å². The van der Waals surface area contributed by atoms with Crippen LogP contribution >= 0.6 is 11.3 Å². The molecule has 2 rings (SSSR count). The molecule has 3 N–H and O–H groups in total. The van der Waals surface area contributed by atoms with E-state index >= 15 is 0 Å². The van der Waals surface area contributed by atoms with Gasteiger partial charge in [0.2, 0.25) is 0 Å². The van der Waals surface area contributed by atoms with E-state index < -0.39 is 0 Å². The molecule has 1 aromatic rings. The smallest absolute Gasteiger partial charge is 0.304 e. The molecule has 1 heterocycles. The van der Waals surface area contributed by atoms with E-state index in [-0.39, 0.29) is 10.9 Å². The highest BCUT2D eigenvalue weighted by atomic mass is 32.1. The van der Waals surface area contributed by atoms with Gasteiger partial charge in [-0.3, -0.25) is 4.79 Å². The summed E-state index contributed by atoms with van der Waals surface area (Å²) in [4.78, 5) is 14.9. The van der Waals surface area contributed by atoms with Crippen LogP contribution in [0.3, 0.4) is 0 Å². The zero-order chi connectivity index (χ0) is 7.84. The van der Waals surface area contributed by atoms with Crippen LogP contribution in [-0.4, -0.2) is 4.98 Å². The molecule has 0 radical (unpaired) electrons. The van der Waals surface area contributed by atoms with Gasteiger partial charge in [-0.2, -0.15) is 0 Å². The number of thiazole rings is 1. The standard InChI is InChI=1S/C7H10N2OS/c8-4-2-1-3-5-6(4)9-7(10)11-5/h4H,1-3,8H2,(H,9,10). The normalized spacial score (nSPS) is 23.2. The van der Waals surface area contributed by atoms with Crippen LogP contribution in [0.1, 0.15) is 29.5 Å². The lowest BCUT2D eigenvalue weighted by molar-refractivity contribution is 0.563. The molecule has 0 bridgehead atoms. The van der Waals surface area contributed by atoms with Crippen LogP contribution in [0.4, 0.5) is 0 Å². The molecule has 4 heteroatoms. The van der Waals surface area contributed by atoms with Crippen LogP contribution in [0.15, 0.2) is 4.79 Å². The number of nitrogens with one attached hydrogen (secondary N) is 1. The molecule has 1 aliphatic carbocycles. The number of nitrogens with two attached hydrogens (primary N) is 1. The second-order valence-electron chi connectivity index (χ2n) is 2.85. The topological polar surface area (TPSA) is 58.9 Å². The number of rotatable bonds is 0. The fraction of sp³-hybridized carbons (Fsp3) is 0.571. The van der Waals surface area contributed by atoms with Crippen molar-refractivity contribution in [3.05, 3.63) is 20.2 Å². The average Bonchev–Trinajstić information content (AvgIpc) is 2.31. The third kappa shape index (κ3) is 1.12. The molecular weight excluding hydrogens is 160 g/mol. The van der Waals surface area contributed by atoms with Crippen molar-refractivity contribution in [2.75, 3.05) is 0 Å². The highest BCUT2D eigenvalue weighted by molar-refractivity contribution is 7.09. The van der Waals surface area contributed by atoms with Crippen molar-refractivity contribution in [3.8, 4) is 0 Å². The van der Waals surface area contributed by atoms with Gasteiger partial charge in [0.1, 0.15) is 0 Å². The summed E-state index contributed by atoms with van der Waals surface area (Å²) in [5, 5.41) is 0. The lowest BCUT2D eigenvalue weighted by atomic mass is 9.99. The van der Waals surface area contributed by atoms with Gasteiger partial charge in [-0.25, -0.2) is 0 Å². The lowest BCUT2D eigenvalue weighted by Crippen LogP contribution is -2.17. The van der Waals surface area contributed by atoms with Crippen molar-refractivity contribution in [3.63, 3.8) is 0 Å². The van der Waals surface area contributed by atoms with Crippen LogP contribution in [0.25, 0.3) is 0 Å². The molecule has 11 heavy (non-hydrogen) atoms. The first-order valence-corrected chi connectivity index (χ1v) is 4.56. The van der Waals surface area contributed by atoms with Crippen molar-refractivity contribution in [2.24, 2.45) is 5.73 Å². The van der Waals surface area contributed by atoms with Gasteiger partial charge in [-0.05, 0) is 19.3 Å². The zero-order valence-corrected chi connectivity index (χ0v) is 6.91. The van der Waals surface area contributed by atoms with Gasteiger partial charge in [0.15, 0.2) is 0 Å². The van der Waals surface area contributed by atoms with Gasteiger partial charge in [-0.1, -0.05) is 11.3 Å². The number of H-pyrrole nitrogens is 1. The second kappa shape index (κ2) is 2.46. The highest BCUT2D eigenvalue weighted by Gasteiger charge is 2.19. The maximum Gasteiger partial charge on any atom is 0.304 e. The monoisotopic (exact) mass is 170 g/mol. The minimum absolute atomic E-state index is 0.0346. The SMILES string of the molecule is NC1CCCc2sc(=O)[nH]c21. The Balaban J connectivity index is 2.52. The first-order valence-electron chi connectivity index (χ1n) is 3.75. The predicted molar refractivity (Wildman–Crippen MR) is 44.8 cm³/mol. The fourth-order valence-corrected chi connectivity index (χ4v) is 2.43. The van der Waals surface area contributed by atoms with Gasteiger partial charge in [-0.15, -0.1) is 0 Å². The molecule has 0 saturated heterocycles. The molecule has 0 amide bonds. The van der Waals surface area contributed by atoms with Crippen LogP contribution in [-0.2, 0) is 6.42 Å². The number of hydrogen-bond acceptors (Lipinski definition) is 3. The second-order valence-corrected chi connectivity index (χ2v) is 3.92. The number of aromatic nitrogens is 1. The number of aromatic amines is 1. The zero-order valence-electron chi connectivity index (χ0n) is 6.09. The Hall–Kier alpha value is -0.610. The van der Waals surface area contributed by atoms with Crippen LogP contribution in [0.2, 0.25) is 0 Å². The Morgan fingerprint density at radius 2 is 2.45 bits per heavy atom. The summed E-state index contributed by atoms with van der Waals surface area (Å²) in [6, 6.07) is 0.0673. The number of aryl methyl sites for hydroxylation is 1. The van der Waals surface area contributed by atoms with E-state index in [9.17, 15) is 4.79 Å². The van der Waals surface area contributed by atoms with Gasteiger partial charge >= 0.3 is 4.87 Å². The Morgan fingerprint density at radius 3 is 3.18 bits per heavy atom. The van der Waals surface area contributed by atoms with Gasteiger partial charge in [0.25, 0.3) is 0 Å². The summed E-state index contributed by atoms with van der Waals surface area (Å²) in [5.41, 5.74) is 6.77. The molecule has 1 unspecified atom stereocenters. The third-order valence-electron chi connectivity index (χ3n) is 2.04. The Bertz CT molecular complexity index is 314. The molecule has 1 atom stereocenters. The van der Waals surface area contributed by atoms with Gasteiger partial charge in [0.05, 0.1) is 0 Å². The first kappa shape index (κ1) is 7.06. The van der Waals surface area contributed by atoms with Crippen molar-refractivity contribution in [2.45, 2.75) is 25.3 Å². The third-order valence-corrected chi connectivity index (χ3v) is 3.00. The molecule has 0 saturated carbocycles. The van der Waals surface area contributed by atoms with E-state index in [0.29, 0.717) is 0 Å². The summed E-state index contributed by atoms with van der Waals surface area (Å²) in [5.74, 6) is 0. The van der Waals surface area contributed by atoms with E-state index in [1.54, 1.807) is 0 Å². The van der Waals surface area contributed by atoms with E-state index in [1.807, 2.05) is 0 Å². The highest BCUT2D eigenvalue weighted by Crippen LogP contribution is 2.27. The summed E-state index contributed by atoms with van der Waals surface area (Å²) in [6.07, 6.45) is 3.13. The maximum absolute atomic E-state index is 10.9. The fourth-order valence-electron chi connectivity index (χ4n) is 1.48. The first-order chi connectivity index (χ1) is 5.27. The molecule has 1 aromatic heterocycles. The maximum atomic E-state index is 10.9. The van der Waals surface area contributed by atoms with E-state index in [0.717, 1.165) is 29.8 Å². The largest absolute Gasteiger partial charge is 0.323 e. The Morgan fingerprint density at radius 1 is 1.64 bits per heavy atom. The summed E-state index contributed by atoms with van der Waals surface area (Å²) >= 11 is 1.30. The van der Waals surface area contributed by atoms with Crippen molar-refractivity contribution in [1.82, 2.24) is 4.98 Å².